The van der Waals surface area contributed by atoms with Gasteiger partial charge in [0.25, 0.3) is 5.91 Å². The van der Waals surface area contributed by atoms with E-state index < -0.39 is 6.29 Å². The van der Waals surface area contributed by atoms with Crippen LogP contribution >= 0.6 is 11.5 Å². The van der Waals surface area contributed by atoms with E-state index >= 15 is 0 Å². The van der Waals surface area contributed by atoms with Crippen molar-refractivity contribution >= 4 is 17.4 Å². The number of nitrogens with one attached hydrogen (secondary N) is 1. The van der Waals surface area contributed by atoms with Gasteiger partial charge >= 0.3 is 0 Å². The van der Waals surface area contributed by atoms with Crippen molar-refractivity contribution in [3.63, 3.8) is 0 Å². The van der Waals surface area contributed by atoms with Crippen LogP contribution in [0.2, 0.25) is 0 Å². The molecule has 5 nitrogen and oxygen atoms in total. The third-order valence-corrected chi connectivity index (χ3v) is 2.51. The fourth-order valence-corrected chi connectivity index (χ4v) is 1.55. The number of hydrogen-bond acceptors (Lipinski definition) is 5. The van der Waals surface area contributed by atoms with Crippen LogP contribution in [0.3, 0.4) is 0 Å². The van der Waals surface area contributed by atoms with Crippen LogP contribution in [0.4, 0.5) is 0 Å². The van der Waals surface area contributed by atoms with Gasteiger partial charge in [0.05, 0.1) is 6.54 Å². The maximum Gasteiger partial charge on any atom is 0.271 e. The minimum atomic E-state index is -0.423. The Hall–Kier alpha value is -0.980. The number of amides is 1. The number of rotatable bonds is 5. The SMILES string of the molecule is COC(CNC(=O)c1cc(C)sn1)OC. The van der Waals surface area contributed by atoms with Crippen LogP contribution in [-0.2, 0) is 9.47 Å². The van der Waals surface area contributed by atoms with Gasteiger partial charge < -0.3 is 14.8 Å². The summed E-state index contributed by atoms with van der Waals surface area (Å²) >= 11 is 1.31. The summed E-state index contributed by atoms with van der Waals surface area (Å²) in [5, 5.41) is 2.67. The Kier molecular flexibility index (Phi) is 4.67. The highest BCUT2D eigenvalue weighted by Gasteiger charge is 2.11. The number of nitrogens with zero attached hydrogens (tertiary/aromatic N) is 1. The summed E-state index contributed by atoms with van der Waals surface area (Å²) in [6.07, 6.45) is -0.423. The lowest BCUT2D eigenvalue weighted by molar-refractivity contribution is -0.0974. The Labute approximate surface area is 92.6 Å². The molecular weight excluding hydrogens is 216 g/mol. The molecule has 0 radical (unpaired) electrons. The van der Waals surface area contributed by atoms with E-state index in [9.17, 15) is 4.79 Å². The molecule has 0 aliphatic heterocycles. The monoisotopic (exact) mass is 230 g/mol. The number of aryl methyl sites for hydroxylation is 1. The largest absolute Gasteiger partial charge is 0.354 e. The van der Waals surface area contributed by atoms with Crippen LogP contribution in [0.25, 0.3) is 0 Å². The van der Waals surface area contributed by atoms with Gasteiger partial charge in [-0.05, 0) is 24.5 Å². The number of hydrogen-bond donors (Lipinski definition) is 1. The van der Waals surface area contributed by atoms with Crippen LogP contribution in [0, 0.1) is 6.92 Å². The first kappa shape index (κ1) is 12.1. The van der Waals surface area contributed by atoms with Crippen LogP contribution in [0.5, 0.6) is 0 Å². The van der Waals surface area contributed by atoms with Gasteiger partial charge in [0.2, 0.25) is 0 Å². The first-order valence-electron chi connectivity index (χ1n) is 4.44. The molecule has 1 rings (SSSR count). The summed E-state index contributed by atoms with van der Waals surface area (Å²) in [5.74, 6) is -0.210. The molecule has 0 bridgehead atoms. The quantitative estimate of drug-likeness (QED) is 0.760. The van der Waals surface area contributed by atoms with Crippen molar-refractivity contribution in [2.45, 2.75) is 13.2 Å². The van der Waals surface area contributed by atoms with Gasteiger partial charge in [-0.2, -0.15) is 4.37 Å². The van der Waals surface area contributed by atoms with Gasteiger partial charge in [-0.25, -0.2) is 0 Å². The molecule has 0 saturated heterocycles. The molecule has 0 spiro atoms. The molecule has 6 heteroatoms. The predicted octanol–water partition coefficient (Wildman–Crippen LogP) is 0.800. The average molecular weight is 230 g/mol. The van der Waals surface area contributed by atoms with Crippen molar-refractivity contribution in [1.82, 2.24) is 9.69 Å². The van der Waals surface area contributed by atoms with Crippen LogP contribution < -0.4 is 5.32 Å². The summed E-state index contributed by atoms with van der Waals surface area (Å²) in [5.41, 5.74) is 0.434. The molecule has 0 fully saturated rings. The maximum atomic E-state index is 11.5. The van der Waals surface area contributed by atoms with Crippen molar-refractivity contribution < 1.29 is 14.3 Å². The van der Waals surface area contributed by atoms with E-state index in [-0.39, 0.29) is 5.91 Å². The number of carbonyl (C=O) groups excluding carboxylic acids is 1. The highest BCUT2D eigenvalue weighted by molar-refractivity contribution is 7.05. The zero-order chi connectivity index (χ0) is 11.3. The Morgan fingerprint density at radius 1 is 1.60 bits per heavy atom. The second-order valence-electron chi connectivity index (χ2n) is 2.93. The molecule has 1 N–H and O–H groups in total. The van der Waals surface area contributed by atoms with E-state index in [1.807, 2.05) is 6.92 Å². The Bertz CT molecular complexity index is 323. The second kappa shape index (κ2) is 5.79. The zero-order valence-corrected chi connectivity index (χ0v) is 9.76. The van der Waals surface area contributed by atoms with E-state index in [1.165, 1.54) is 25.8 Å². The minimum Gasteiger partial charge on any atom is -0.354 e. The fraction of sp³-hybridized carbons (Fsp3) is 0.556. The third kappa shape index (κ3) is 3.58. The van der Waals surface area contributed by atoms with Crippen molar-refractivity contribution in [3.05, 3.63) is 16.6 Å². The Morgan fingerprint density at radius 2 is 2.27 bits per heavy atom. The highest BCUT2D eigenvalue weighted by atomic mass is 32.1. The van der Waals surface area contributed by atoms with Crippen molar-refractivity contribution in [3.8, 4) is 0 Å². The summed E-state index contributed by atoms with van der Waals surface area (Å²) in [4.78, 5) is 12.5. The molecule has 1 heterocycles. The summed E-state index contributed by atoms with van der Waals surface area (Å²) in [7, 11) is 3.04. The first-order chi connectivity index (χ1) is 7.17. The van der Waals surface area contributed by atoms with Crippen molar-refractivity contribution in [1.29, 1.82) is 0 Å². The summed E-state index contributed by atoms with van der Waals surface area (Å²) < 4.78 is 13.9. The summed E-state index contributed by atoms with van der Waals surface area (Å²) in [6, 6.07) is 1.74. The van der Waals surface area contributed by atoms with Gasteiger partial charge in [-0.3, -0.25) is 4.79 Å². The highest BCUT2D eigenvalue weighted by Crippen LogP contribution is 2.07. The third-order valence-electron chi connectivity index (χ3n) is 1.82. The lowest BCUT2D eigenvalue weighted by atomic mass is 10.3. The molecule has 1 aromatic heterocycles. The van der Waals surface area contributed by atoms with Gasteiger partial charge in [0.15, 0.2) is 6.29 Å². The molecule has 0 aliphatic carbocycles. The second-order valence-corrected chi connectivity index (χ2v) is 3.94. The molecule has 0 aliphatic rings. The first-order valence-corrected chi connectivity index (χ1v) is 5.21. The number of carbonyl (C=O) groups is 1. The van der Waals surface area contributed by atoms with E-state index in [4.69, 9.17) is 9.47 Å². The minimum absolute atomic E-state index is 0.210. The van der Waals surface area contributed by atoms with Gasteiger partial charge in [0, 0.05) is 19.1 Å². The molecule has 1 aromatic rings. The molecule has 0 saturated carbocycles. The smallest absolute Gasteiger partial charge is 0.271 e. The van der Waals surface area contributed by atoms with Crippen LogP contribution in [0.15, 0.2) is 6.07 Å². The van der Waals surface area contributed by atoms with E-state index in [0.29, 0.717) is 12.2 Å². The van der Waals surface area contributed by atoms with Crippen LogP contribution in [-0.4, -0.2) is 37.3 Å². The normalized spacial score (nSPS) is 10.7. The number of aromatic nitrogens is 1. The van der Waals surface area contributed by atoms with Gasteiger partial charge in [-0.1, -0.05) is 0 Å². The predicted molar refractivity (Wildman–Crippen MR) is 57.0 cm³/mol. The maximum absolute atomic E-state index is 11.5. The molecule has 1 amide bonds. The molecule has 0 atom stereocenters. The Morgan fingerprint density at radius 3 is 2.73 bits per heavy atom. The number of ether oxygens (including phenoxy) is 2. The van der Waals surface area contributed by atoms with E-state index in [0.717, 1.165) is 4.88 Å². The van der Waals surface area contributed by atoms with E-state index in [1.54, 1.807) is 6.07 Å². The van der Waals surface area contributed by atoms with Crippen LogP contribution in [0.1, 0.15) is 15.4 Å². The Balaban J connectivity index is 2.42. The zero-order valence-electron chi connectivity index (χ0n) is 8.94. The lowest BCUT2D eigenvalue weighted by Crippen LogP contribution is -2.34. The molecule has 0 unspecified atom stereocenters. The average Bonchev–Trinajstić information content (AvgIpc) is 2.66. The van der Waals surface area contributed by atoms with Gasteiger partial charge in [0.1, 0.15) is 5.69 Å². The lowest BCUT2D eigenvalue weighted by Gasteiger charge is -2.13. The molecular formula is C9H14N2O3S. The fourth-order valence-electron chi connectivity index (χ4n) is 1.00. The molecule has 84 valence electrons. The molecule has 15 heavy (non-hydrogen) atoms. The topological polar surface area (TPSA) is 60.5 Å². The van der Waals surface area contributed by atoms with Crippen molar-refractivity contribution in [2.24, 2.45) is 0 Å². The standard InChI is InChI=1S/C9H14N2O3S/c1-6-4-7(11-15-6)9(12)10-5-8(13-2)14-3/h4,8H,5H2,1-3H3,(H,10,12). The van der Waals surface area contributed by atoms with Crippen molar-refractivity contribution in [2.75, 3.05) is 20.8 Å². The van der Waals surface area contributed by atoms with Gasteiger partial charge in [-0.15, -0.1) is 0 Å². The number of methoxy groups -OCH3 is 2. The molecule has 0 aromatic carbocycles. The summed E-state index contributed by atoms with van der Waals surface area (Å²) in [6.45, 7) is 2.21. The van der Waals surface area contributed by atoms with E-state index in [2.05, 4.69) is 9.69 Å².